The van der Waals surface area contributed by atoms with Crippen molar-refractivity contribution in [3.63, 3.8) is 0 Å². The fourth-order valence-corrected chi connectivity index (χ4v) is 1.43. The van der Waals surface area contributed by atoms with Gasteiger partial charge in [0.05, 0.1) is 17.5 Å². The molecule has 6 nitrogen and oxygen atoms in total. The summed E-state index contributed by atoms with van der Waals surface area (Å²) in [7, 11) is 0. The normalized spacial score (nSPS) is 14.0. The lowest BCUT2D eigenvalue weighted by Gasteiger charge is -2.18. The molecule has 0 bridgehead atoms. The van der Waals surface area contributed by atoms with Crippen molar-refractivity contribution < 1.29 is 19.4 Å². The van der Waals surface area contributed by atoms with Gasteiger partial charge in [0.1, 0.15) is 6.10 Å². The van der Waals surface area contributed by atoms with Gasteiger partial charge in [-0.25, -0.2) is 4.98 Å². The summed E-state index contributed by atoms with van der Waals surface area (Å²) < 4.78 is 12.9. The summed E-state index contributed by atoms with van der Waals surface area (Å²) >= 11 is 0. The predicted molar refractivity (Wildman–Crippen MR) is 62.9 cm³/mol. The zero-order valence-corrected chi connectivity index (χ0v) is 9.93. The van der Waals surface area contributed by atoms with E-state index < -0.39 is 18.2 Å². The van der Waals surface area contributed by atoms with Crippen molar-refractivity contribution in [1.29, 1.82) is 0 Å². The van der Waals surface area contributed by atoms with Crippen LogP contribution in [0.15, 0.2) is 12.1 Å². The van der Waals surface area contributed by atoms with E-state index in [1.54, 1.807) is 0 Å². The smallest absolute Gasteiger partial charge is 0.216 e. The van der Waals surface area contributed by atoms with Crippen LogP contribution < -0.4 is 11.1 Å². The average molecular weight is 257 g/mol. The molecule has 0 aliphatic carbocycles. The number of pyridine rings is 1. The maximum atomic E-state index is 12.9. The molecule has 0 radical (unpaired) electrons. The van der Waals surface area contributed by atoms with E-state index >= 15 is 0 Å². The molecule has 0 aliphatic rings. The number of aliphatic hydroxyl groups excluding tert-OH is 2. The van der Waals surface area contributed by atoms with Crippen molar-refractivity contribution in [2.45, 2.75) is 25.6 Å². The number of anilines is 1. The monoisotopic (exact) mass is 257 g/mol. The summed E-state index contributed by atoms with van der Waals surface area (Å²) in [6, 6.07) is 2.33. The predicted octanol–water partition coefficient (Wildman–Crippen LogP) is -0.277. The van der Waals surface area contributed by atoms with Gasteiger partial charge in [-0.15, -0.1) is 0 Å². The van der Waals surface area contributed by atoms with E-state index in [-0.39, 0.29) is 30.3 Å². The molecule has 1 aromatic heterocycles. The van der Waals surface area contributed by atoms with Gasteiger partial charge in [0, 0.05) is 13.5 Å². The molecule has 18 heavy (non-hydrogen) atoms. The van der Waals surface area contributed by atoms with Gasteiger partial charge in [-0.3, -0.25) is 4.79 Å². The first kappa shape index (κ1) is 14.3. The highest BCUT2D eigenvalue weighted by Gasteiger charge is 2.22. The highest BCUT2D eigenvalue weighted by atomic mass is 19.1. The number of amides is 1. The molecule has 2 unspecified atom stereocenters. The molecular formula is C11H16FN3O3. The number of nitrogens with one attached hydrogen (secondary N) is 1. The summed E-state index contributed by atoms with van der Waals surface area (Å²) in [5, 5.41) is 21.9. The number of hydrogen-bond acceptors (Lipinski definition) is 5. The fraction of sp³-hybridized carbons (Fsp3) is 0.455. The standard InChI is InChI=1S/C11H16FN3O3/c1-6(16)14-5-4-8(17)11(18)10-7(13)2-3-9(12)15-10/h2-3,8,11,17-18H,4-5,13H2,1H3,(H,14,16). The van der Waals surface area contributed by atoms with Gasteiger partial charge in [0.25, 0.3) is 0 Å². The molecule has 0 saturated heterocycles. The number of nitrogens with two attached hydrogens (primary N) is 1. The van der Waals surface area contributed by atoms with Gasteiger partial charge < -0.3 is 21.3 Å². The topological polar surface area (TPSA) is 108 Å². The Labute approximate surface area is 104 Å². The lowest BCUT2D eigenvalue weighted by atomic mass is 10.1. The minimum Gasteiger partial charge on any atom is -0.397 e. The van der Waals surface area contributed by atoms with E-state index in [4.69, 9.17) is 5.73 Å². The van der Waals surface area contributed by atoms with E-state index in [1.165, 1.54) is 13.0 Å². The number of nitrogen functional groups attached to an aromatic ring is 1. The Balaban J connectivity index is 2.64. The molecule has 1 rings (SSSR count). The third kappa shape index (κ3) is 3.94. The first-order valence-corrected chi connectivity index (χ1v) is 5.44. The zero-order chi connectivity index (χ0) is 13.7. The summed E-state index contributed by atoms with van der Waals surface area (Å²) in [4.78, 5) is 14.1. The molecule has 0 aliphatic heterocycles. The lowest BCUT2D eigenvalue weighted by molar-refractivity contribution is -0.119. The number of hydrogen-bond donors (Lipinski definition) is 4. The minimum atomic E-state index is -1.39. The number of carbonyl (C=O) groups is 1. The van der Waals surface area contributed by atoms with Crippen LogP contribution >= 0.6 is 0 Å². The molecule has 7 heteroatoms. The van der Waals surface area contributed by atoms with Gasteiger partial charge in [0.2, 0.25) is 11.9 Å². The summed E-state index contributed by atoms with van der Waals surface area (Å²) in [6.07, 6.45) is -2.47. The molecule has 2 atom stereocenters. The van der Waals surface area contributed by atoms with E-state index in [0.717, 1.165) is 6.07 Å². The second-order valence-electron chi connectivity index (χ2n) is 3.89. The summed E-state index contributed by atoms with van der Waals surface area (Å²) in [6.45, 7) is 1.54. The van der Waals surface area contributed by atoms with Crippen LogP contribution in [0.5, 0.6) is 0 Å². The zero-order valence-electron chi connectivity index (χ0n) is 9.93. The number of halogens is 1. The van der Waals surface area contributed by atoms with Crippen molar-refractivity contribution in [2.75, 3.05) is 12.3 Å². The maximum Gasteiger partial charge on any atom is 0.216 e. The van der Waals surface area contributed by atoms with Gasteiger partial charge in [-0.2, -0.15) is 4.39 Å². The lowest BCUT2D eigenvalue weighted by Crippen LogP contribution is -2.28. The van der Waals surface area contributed by atoms with Gasteiger partial charge in [-0.05, 0) is 18.6 Å². The van der Waals surface area contributed by atoms with E-state index in [1.807, 2.05) is 0 Å². The van der Waals surface area contributed by atoms with Crippen LogP contribution in [0.1, 0.15) is 25.1 Å². The Morgan fingerprint density at radius 3 is 2.83 bits per heavy atom. The van der Waals surface area contributed by atoms with E-state index in [9.17, 15) is 19.4 Å². The Morgan fingerprint density at radius 1 is 1.56 bits per heavy atom. The van der Waals surface area contributed by atoms with E-state index in [0.29, 0.717) is 0 Å². The SMILES string of the molecule is CC(=O)NCCC(O)C(O)c1nc(F)ccc1N. The molecular weight excluding hydrogens is 241 g/mol. The molecule has 1 heterocycles. The number of nitrogens with zero attached hydrogens (tertiary/aromatic N) is 1. The van der Waals surface area contributed by atoms with Crippen LogP contribution in [-0.4, -0.2) is 33.8 Å². The summed E-state index contributed by atoms with van der Waals surface area (Å²) in [5.41, 5.74) is 5.53. The molecule has 0 saturated carbocycles. The van der Waals surface area contributed by atoms with E-state index in [2.05, 4.69) is 10.3 Å². The van der Waals surface area contributed by atoms with Crippen LogP contribution in [0.25, 0.3) is 0 Å². The molecule has 1 amide bonds. The summed E-state index contributed by atoms with van der Waals surface area (Å²) in [5.74, 6) is -1.02. The van der Waals surface area contributed by atoms with Crippen LogP contribution in [0.3, 0.4) is 0 Å². The molecule has 100 valence electrons. The van der Waals surface area contributed by atoms with Gasteiger partial charge >= 0.3 is 0 Å². The van der Waals surface area contributed by atoms with Crippen LogP contribution in [0, 0.1) is 5.95 Å². The highest BCUT2D eigenvalue weighted by Crippen LogP contribution is 2.22. The minimum absolute atomic E-state index is 0.0995. The van der Waals surface area contributed by atoms with Crippen molar-refractivity contribution in [1.82, 2.24) is 10.3 Å². The van der Waals surface area contributed by atoms with Crippen molar-refractivity contribution in [3.8, 4) is 0 Å². The maximum absolute atomic E-state index is 12.9. The molecule has 0 fully saturated rings. The quantitative estimate of drug-likeness (QED) is 0.543. The van der Waals surface area contributed by atoms with Gasteiger partial charge in [-0.1, -0.05) is 0 Å². The first-order valence-electron chi connectivity index (χ1n) is 5.44. The second-order valence-corrected chi connectivity index (χ2v) is 3.89. The average Bonchev–Trinajstić information content (AvgIpc) is 2.30. The largest absolute Gasteiger partial charge is 0.397 e. The van der Waals surface area contributed by atoms with Crippen LogP contribution in [0.2, 0.25) is 0 Å². The fourth-order valence-electron chi connectivity index (χ4n) is 1.43. The highest BCUT2D eigenvalue weighted by molar-refractivity contribution is 5.72. The Kier molecular flexibility index (Phi) is 4.99. The molecule has 1 aromatic rings. The first-order chi connectivity index (χ1) is 8.41. The number of aliphatic hydroxyl groups is 2. The van der Waals surface area contributed by atoms with Crippen LogP contribution in [-0.2, 0) is 4.79 Å². The van der Waals surface area contributed by atoms with Gasteiger partial charge in [0.15, 0.2) is 0 Å². The number of aromatic nitrogens is 1. The van der Waals surface area contributed by atoms with Crippen LogP contribution in [0.4, 0.5) is 10.1 Å². The van der Waals surface area contributed by atoms with Crippen molar-refractivity contribution in [2.24, 2.45) is 0 Å². The third-order valence-corrected chi connectivity index (χ3v) is 2.38. The molecule has 0 spiro atoms. The third-order valence-electron chi connectivity index (χ3n) is 2.38. The number of carbonyl (C=O) groups excluding carboxylic acids is 1. The second kappa shape index (κ2) is 6.27. The molecule has 0 aromatic carbocycles. The Bertz CT molecular complexity index is 428. The Hall–Kier alpha value is -1.73. The van der Waals surface area contributed by atoms with Crippen molar-refractivity contribution >= 4 is 11.6 Å². The van der Waals surface area contributed by atoms with Crippen molar-refractivity contribution in [3.05, 3.63) is 23.8 Å². The molecule has 5 N–H and O–H groups in total. The number of rotatable bonds is 5. The Morgan fingerprint density at radius 2 is 2.22 bits per heavy atom.